The van der Waals surface area contributed by atoms with Gasteiger partial charge in [-0.1, -0.05) is 41.6 Å². The number of carbonyl (C=O) groups is 1. The number of methoxy groups -OCH3 is 1. The molecule has 6 heteroatoms. The van der Waals surface area contributed by atoms with Crippen LogP contribution >= 0.6 is 0 Å². The molecule has 1 amide bonds. The summed E-state index contributed by atoms with van der Waals surface area (Å²) >= 11 is 0. The molecule has 1 aromatic heterocycles. The Hall–Kier alpha value is -3.15. The van der Waals surface area contributed by atoms with Crippen molar-refractivity contribution in [2.45, 2.75) is 26.3 Å². The van der Waals surface area contributed by atoms with Crippen LogP contribution < -0.4 is 10.1 Å². The zero-order chi connectivity index (χ0) is 18.4. The van der Waals surface area contributed by atoms with Crippen molar-refractivity contribution in [1.82, 2.24) is 15.5 Å². The van der Waals surface area contributed by atoms with Gasteiger partial charge in [0.2, 0.25) is 17.6 Å². The molecule has 26 heavy (non-hydrogen) atoms. The SMILES string of the molecule is COc1ccc(CCC(=O)NCc2ccc(-c3noc(C)n3)cc2)cc1. The molecule has 3 rings (SSSR count). The Balaban J connectivity index is 1.46. The molecular formula is C20H21N3O3. The van der Waals surface area contributed by atoms with Gasteiger partial charge in [-0.2, -0.15) is 4.98 Å². The van der Waals surface area contributed by atoms with Gasteiger partial charge in [0.15, 0.2) is 0 Å². The summed E-state index contributed by atoms with van der Waals surface area (Å²) in [4.78, 5) is 16.2. The summed E-state index contributed by atoms with van der Waals surface area (Å²) in [5, 5.41) is 6.83. The summed E-state index contributed by atoms with van der Waals surface area (Å²) in [5.41, 5.74) is 3.02. The molecule has 0 unspecified atom stereocenters. The highest BCUT2D eigenvalue weighted by Gasteiger charge is 2.06. The van der Waals surface area contributed by atoms with Gasteiger partial charge in [0.1, 0.15) is 5.75 Å². The quantitative estimate of drug-likeness (QED) is 0.707. The lowest BCUT2D eigenvalue weighted by Gasteiger charge is -2.07. The van der Waals surface area contributed by atoms with Crippen LogP contribution in [0.4, 0.5) is 0 Å². The maximum atomic E-state index is 12.0. The van der Waals surface area contributed by atoms with Gasteiger partial charge in [0.05, 0.1) is 7.11 Å². The normalized spacial score (nSPS) is 10.5. The third kappa shape index (κ3) is 4.69. The van der Waals surface area contributed by atoms with Crippen molar-refractivity contribution >= 4 is 5.91 Å². The van der Waals surface area contributed by atoms with E-state index in [0.29, 0.717) is 31.1 Å². The van der Waals surface area contributed by atoms with E-state index in [4.69, 9.17) is 9.26 Å². The van der Waals surface area contributed by atoms with Crippen LogP contribution in [-0.2, 0) is 17.8 Å². The fourth-order valence-electron chi connectivity index (χ4n) is 2.53. The maximum absolute atomic E-state index is 12.0. The van der Waals surface area contributed by atoms with E-state index in [-0.39, 0.29) is 5.91 Å². The molecule has 1 heterocycles. The molecule has 0 radical (unpaired) electrons. The molecule has 0 atom stereocenters. The van der Waals surface area contributed by atoms with E-state index >= 15 is 0 Å². The topological polar surface area (TPSA) is 77.2 Å². The molecule has 0 saturated heterocycles. The Labute approximate surface area is 152 Å². The van der Waals surface area contributed by atoms with Crippen molar-refractivity contribution in [2.75, 3.05) is 7.11 Å². The van der Waals surface area contributed by atoms with Crippen LogP contribution in [0.5, 0.6) is 5.75 Å². The maximum Gasteiger partial charge on any atom is 0.223 e. The molecule has 0 bridgehead atoms. The van der Waals surface area contributed by atoms with Crippen molar-refractivity contribution in [3.05, 3.63) is 65.5 Å². The van der Waals surface area contributed by atoms with Crippen LogP contribution in [0.1, 0.15) is 23.4 Å². The smallest absolute Gasteiger partial charge is 0.223 e. The molecule has 2 aromatic carbocycles. The molecule has 0 saturated carbocycles. The van der Waals surface area contributed by atoms with Crippen LogP contribution in [0, 0.1) is 6.92 Å². The van der Waals surface area contributed by atoms with E-state index in [0.717, 1.165) is 22.4 Å². The lowest BCUT2D eigenvalue weighted by Crippen LogP contribution is -2.22. The van der Waals surface area contributed by atoms with Crippen LogP contribution in [0.3, 0.4) is 0 Å². The molecule has 134 valence electrons. The molecular weight excluding hydrogens is 330 g/mol. The minimum Gasteiger partial charge on any atom is -0.497 e. The third-order valence-corrected chi connectivity index (χ3v) is 4.03. The predicted octanol–water partition coefficient (Wildman–Crippen LogP) is 3.30. The van der Waals surface area contributed by atoms with Gasteiger partial charge in [-0.05, 0) is 29.7 Å². The lowest BCUT2D eigenvalue weighted by atomic mass is 10.1. The molecule has 6 nitrogen and oxygen atoms in total. The summed E-state index contributed by atoms with van der Waals surface area (Å²) in [5.74, 6) is 1.95. The van der Waals surface area contributed by atoms with E-state index in [9.17, 15) is 4.79 Å². The average molecular weight is 351 g/mol. The minimum absolute atomic E-state index is 0.0266. The van der Waals surface area contributed by atoms with Crippen molar-refractivity contribution in [1.29, 1.82) is 0 Å². The molecule has 0 aliphatic carbocycles. The Kier molecular flexibility index (Phi) is 5.63. The van der Waals surface area contributed by atoms with Crippen molar-refractivity contribution in [3.63, 3.8) is 0 Å². The van der Waals surface area contributed by atoms with Gasteiger partial charge in [-0.25, -0.2) is 0 Å². The number of nitrogens with one attached hydrogen (secondary N) is 1. The molecule has 0 aliphatic rings. The van der Waals surface area contributed by atoms with Crippen LogP contribution in [-0.4, -0.2) is 23.2 Å². The van der Waals surface area contributed by atoms with Crippen molar-refractivity contribution in [3.8, 4) is 17.1 Å². The standard InChI is InChI=1S/C20H21N3O3/c1-14-22-20(23-26-14)17-8-3-16(4-9-17)13-21-19(24)12-7-15-5-10-18(25-2)11-6-15/h3-6,8-11H,7,12-13H2,1-2H3,(H,21,24). The highest BCUT2D eigenvalue weighted by Crippen LogP contribution is 2.16. The Morgan fingerprint density at radius 1 is 1.08 bits per heavy atom. The van der Waals surface area contributed by atoms with Gasteiger partial charge in [-0.15, -0.1) is 0 Å². The van der Waals surface area contributed by atoms with Gasteiger partial charge >= 0.3 is 0 Å². The number of aryl methyl sites for hydroxylation is 2. The number of rotatable bonds is 7. The molecule has 0 fully saturated rings. The summed E-state index contributed by atoms with van der Waals surface area (Å²) in [6.45, 7) is 2.25. The second kappa shape index (κ2) is 8.29. The summed E-state index contributed by atoms with van der Waals surface area (Å²) in [6.07, 6.45) is 1.15. The highest BCUT2D eigenvalue weighted by molar-refractivity contribution is 5.76. The number of hydrogen-bond donors (Lipinski definition) is 1. The van der Waals surface area contributed by atoms with E-state index in [1.54, 1.807) is 14.0 Å². The first-order chi connectivity index (χ1) is 12.6. The number of carbonyl (C=O) groups excluding carboxylic acids is 1. The van der Waals surface area contributed by atoms with Gasteiger partial charge < -0.3 is 14.6 Å². The summed E-state index contributed by atoms with van der Waals surface area (Å²) in [6, 6.07) is 15.5. The fraction of sp³-hybridized carbons (Fsp3) is 0.250. The largest absolute Gasteiger partial charge is 0.497 e. The van der Waals surface area contributed by atoms with Crippen LogP contribution in [0.15, 0.2) is 53.1 Å². The van der Waals surface area contributed by atoms with Gasteiger partial charge in [-0.3, -0.25) is 4.79 Å². The molecule has 0 spiro atoms. The minimum atomic E-state index is 0.0266. The monoisotopic (exact) mass is 351 g/mol. The highest BCUT2D eigenvalue weighted by atomic mass is 16.5. The van der Waals surface area contributed by atoms with E-state index in [2.05, 4.69) is 15.5 Å². The first kappa shape index (κ1) is 17.7. The predicted molar refractivity (Wildman–Crippen MR) is 97.6 cm³/mol. The van der Waals surface area contributed by atoms with Crippen LogP contribution in [0.25, 0.3) is 11.4 Å². The first-order valence-corrected chi connectivity index (χ1v) is 8.43. The third-order valence-electron chi connectivity index (χ3n) is 4.03. The Morgan fingerprint density at radius 3 is 2.38 bits per heavy atom. The van der Waals surface area contributed by atoms with Crippen LogP contribution in [0.2, 0.25) is 0 Å². The van der Waals surface area contributed by atoms with Crippen molar-refractivity contribution in [2.24, 2.45) is 0 Å². The first-order valence-electron chi connectivity index (χ1n) is 8.43. The second-order valence-corrected chi connectivity index (χ2v) is 5.96. The van der Waals surface area contributed by atoms with Gasteiger partial charge in [0.25, 0.3) is 0 Å². The zero-order valence-electron chi connectivity index (χ0n) is 14.9. The van der Waals surface area contributed by atoms with E-state index in [1.165, 1.54) is 0 Å². The van der Waals surface area contributed by atoms with Crippen molar-refractivity contribution < 1.29 is 14.1 Å². The number of aromatic nitrogens is 2. The molecule has 0 aliphatic heterocycles. The molecule has 3 aromatic rings. The number of nitrogens with zero attached hydrogens (tertiary/aromatic N) is 2. The average Bonchev–Trinajstić information content (AvgIpc) is 3.12. The number of benzene rings is 2. The zero-order valence-corrected chi connectivity index (χ0v) is 14.9. The molecule has 1 N–H and O–H groups in total. The Morgan fingerprint density at radius 2 is 1.77 bits per heavy atom. The fourth-order valence-corrected chi connectivity index (χ4v) is 2.53. The summed E-state index contributed by atoms with van der Waals surface area (Å²) < 4.78 is 10.1. The lowest BCUT2D eigenvalue weighted by molar-refractivity contribution is -0.121. The number of ether oxygens (including phenoxy) is 1. The van der Waals surface area contributed by atoms with E-state index < -0.39 is 0 Å². The van der Waals surface area contributed by atoms with Gasteiger partial charge in [0, 0.05) is 25.5 Å². The second-order valence-electron chi connectivity index (χ2n) is 5.96. The number of amides is 1. The Bertz CT molecular complexity index is 855. The summed E-state index contributed by atoms with van der Waals surface area (Å²) in [7, 11) is 1.64. The van der Waals surface area contributed by atoms with E-state index in [1.807, 2.05) is 48.5 Å². The number of hydrogen-bond acceptors (Lipinski definition) is 5.